The van der Waals surface area contributed by atoms with Gasteiger partial charge in [-0.1, -0.05) is 17.7 Å². The van der Waals surface area contributed by atoms with Crippen LogP contribution < -0.4 is 0 Å². The molecule has 1 aromatic carbocycles. The molecule has 100 valence electrons. The summed E-state index contributed by atoms with van der Waals surface area (Å²) in [6, 6.07) is 4.14. The van der Waals surface area contributed by atoms with E-state index in [-0.39, 0.29) is 6.42 Å². The number of carbonyl (C=O) groups is 1. The third-order valence-corrected chi connectivity index (χ3v) is 3.10. The molecule has 1 heterocycles. The van der Waals surface area contributed by atoms with Crippen LogP contribution >= 0.6 is 0 Å². The van der Waals surface area contributed by atoms with Gasteiger partial charge in [0.05, 0.1) is 5.69 Å². The van der Waals surface area contributed by atoms with E-state index in [0.717, 1.165) is 16.7 Å². The Bertz CT molecular complexity index is 618. The zero-order valence-corrected chi connectivity index (χ0v) is 11.6. The topological polar surface area (TPSA) is 63.3 Å². The molecule has 0 aliphatic carbocycles. The molecule has 0 fully saturated rings. The maximum absolute atomic E-state index is 10.8. The Labute approximate surface area is 112 Å². The van der Waals surface area contributed by atoms with Crippen LogP contribution in [0.2, 0.25) is 0 Å². The van der Waals surface area contributed by atoms with Crippen LogP contribution in [0.1, 0.15) is 28.1 Å². The average molecular weight is 259 g/mol. The van der Waals surface area contributed by atoms with Gasteiger partial charge in [0.15, 0.2) is 0 Å². The van der Waals surface area contributed by atoms with E-state index in [1.54, 1.807) is 6.92 Å². The number of carboxylic acid groups (broad SMARTS) is 1. The average Bonchev–Trinajstić information content (AvgIpc) is 2.57. The Morgan fingerprint density at radius 2 is 1.79 bits per heavy atom. The Morgan fingerprint density at radius 1 is 1.21 bits per heavy atom. The SMILES string of the molecule is Cc1cc(C)c(-c2nc(C)c(CC(=O)O)o2)c(C)c1. The molecule has 0 atom stereocenters. The Kier molecular flexibility index (Phi) is 3.42. The smallest absolute Gasteiger partial charge is 0.311 e. The van der Waals surface area contributed by atoms with Crippen LogP contribution in [0.15, 0.2) is 16.5 Å². The molecule has 0 aliphatic heterocycles. The van der Waals surface area contributed by atoms with Crippen molar-refractivity contribution in [3.05, 3.63) is 40.3 Å². The number of nitrogens with zero attached hydrogens (tertiary/aromatic N) is 1. The van der Waals surface area contributed by atoms with Crippen molar-refractivity contribution in [1.29, 1.82) is 0 Å². The highest BCUT2D eigenvalue weighted by atomic mass is 16.4. The quantitative estimate of drug-likeness (QED) is 0.919. The summed E-state index contributed by atoms with van der Waals surface area (Å²) in [6.07, 6.45) is -0.136. The first-order valence-electron chi connectivity index (χ1n) is 6.15. The lowest BCUT2D eigenvalue weighted by Gasteiger charge is -2.07. The molecule has 0 spiro atoms. The summed E-state index contributed by atoms with van der Waals surface area (Å²) in [5.41, 5.74) is 4.94. The molecular formula is C15H17NO3. The monoisotopic (exact) mass is 259 g/mol. The van der Waals surface area contributed by atoms with Crippen LogP contribution in [0.5, 0.6) is 0 Å². The molecule has 1 N–H and O–H groups in total. The van der Waals surface area contributed by atoms with Gasteiger partial charge in [-0.3, -0.25) is 4.79 Å². The van der Waals surface area contributed by atoms with Crippen LogP contribution in [0.25, 0.3) is 11.5 Å². The fourth-order valence-electron chi connectivity index (χ4n) is 2.35. The van der Waals surface area contributed by atoms with Crippen molar-refractivity contribution in [2.24, 2.45) is 0 Å². The van der Waals surface area contributed by atoms with Crippen molar-refractivity contribution in [2.45, 2.75) is 34.1 Å². The van der Waals surface area contributed by atoms with Crippen LogP contribution in [0.4, 0.5) is 0 Å². The summed E-state index contributed by atoms with van der Waals surface area (Å²) in [5.74, 6) is 0.00813. The number of hydrogen-bond donors (Lipinski definition) is 1. The fraction of sp³-hybridized carbons (Fsp3) is 0.333. The molecule has 0 saturated heterocycles. The third kappa shape index (κ3) is 2.67. The van der Waals surface area contributed by atoms with Crippen molar-refractivity contribution in [3.8, 4) is 11.5 Å². The largest absolute Gasteiger partial charge is 0.481 e. The number of carboxylic acids is 1. The highest BCUT2D eigenvalue weighted by Crippen LogP contribution is 2.29. The molecule has 2 rings (SSSR count). The van der Waals surface area contributed by atoms with Gasteiger partial charge in [0.1, 0.15) is 12.2 Å². The van der Waals surface area contributed by atoms with Gasteiger partial charge in [0.2, 0.25) is 5.89 Å². The van der Waals surface area contributed by atoms with Gasteiger partial charge in [-0.05, 0) is 38.8 Å². The molecule has 0 bridgehead atoms. The van der Waals surface area contributed by atoms with Crippen molar-refractivity contribution in [2.75, 3.05) is 0 Å². The molecule has 0 saturated carbocycles. The summed E-state index contributed by atoms with van der Waals surface area (Å²) in [4.78, 5) is 15.1. The molecule has 4 nitrogen and oxygen atoms in total. The van der Waals surface area contributed by atoms with Gasteiger partial charge in [0, 0.05) is 5.56 Å². The summed E-state index contributed by atoms with van der Waals surface area (Å²) in [7, 11) is 0. The van der Waals surface area contributed by atoms with Gasteiger partial charge >= 0.3 is 5.97 Å². The molecule has 4 heteroatoms. The van der Waals surface area contributed by atoms with Gasteiger partial charge < -0.3 is 9.52 Å². The zero-order chi connectivity index (χ0) is 14.2. The highest BCUT2D eigenvalue weighted by Gasteiger charge is 2.17. The molecule has 1 aromatic heterocycles. The van der Waals surface area contributed by atoms with Gasteiger partial charge in [-0.15, -0.1) is 0 Å². The van der Waals surface area contributed by atoms with Gasteiger partial charge in [0.25, 0.3) is 0 Å². The minimum absolute atomic E-state index is 0.136. The van der Waals surface area contributed by atoms with Crippen LogP contribution in [0.3, 0.4) is 0 Å². The molecule has 0 radical (unpaired) electrons. The Balaban J connectivity index is 2.51. The number of benzene rings is 1. The number of aliphatic carboxylic acids is 1. The lowest BCUT2D eigenvalue weighted by molar-refractivity contribution is -0.136. The summed E-state index contributed by atoms with van der Waals surface area (Å²) >= 11 is 0. The number of oxazole rings is 1. The van der Waals surface area contributed by atoms with Crippen molar-refractivity contribution < 1.29 is 14.3 Å². The molecular weight excluding hydrogens is 242 g/mol. The summed E-state index contributed by atoms with van der Waals surface area (Å²) in [6.45, 7) is 7.82. The molecule has 0 amide bonds. The maximum Gasteiger partial charge on any atom is 0.311 e. The molecule has 0 unspecified atom stereocenters. The second-order valence-corrected chi connectivity index (χ2v) is 4.87. The van der Waals surface area contributed by atoms with Crippen LogP contribution in [-0.4, -0.2) is 16.1 Å². The van der Waals surface area contributed by atoms with E-state index < -0.39 is 5.97 Å². The second-order valence-electron chi connectivity index (χ2n) is 4.87. The second kappa shape index (κ2) is 4.88. The van der Waals surface area contributed by atoms with E-state index in [1.807, 2.05) is 20.8 Å². The number of aryl methyl sites for hydroxylation is 4. The van der Waals surface area contributed by atoms with Crippen LogP contribution in [-0.2, 0) is 11.2 Å². The summed E-state index contributed by atoms with van der Waals surface area (Å²) in [5, 5.41) is 8.83. The third-order valence-electron chi connectivity index (χ3n) is 3.10. The summed E-state index contributed by atoms with van der Waals surface area (Å²) < 4.78 is 5.62. The lowest BCUT2D eigenvalue weighted by Crippen LogP contribution is -1.99. The standard InChI is InChI=1S/C15H17NO3/c1-8-5-9(2)14(10(3)6-8)15-16-11(4)12(19-15)7-13(17)18/h5-6H,7H2,1-4H3,(H,17,18). The predicted octanol–water partition coefficient (Wildman–Crippen LogP) is 3.20. The number of hydrogen-bond acceptors (Lipinski definition) is 3. The van der Waals surface area contributed by atoms with Crippen molar-refractivity contribution >= 4 is 5.97 Å². The Hall–Kier alpha value is -2.10. The maximum atomic E-state index is 10.8. The van der Waals surface area contributed by atoms with E-state index in [2.05, 4.69) is 17.1 Å². The highest BCUT2D eigenvalue weighted by molar-refractivity contribution is 5.70. The minimum atomic E-state index is -0.914. The zero-order valence-electron chi connectivity index (χ0n) is 11.6. The lowest BCUT2D eigenvalue weighted by atomic mass is 10.00. The fourth-order valence-corrected chi connectivity index (χ4v) is 2.35. The first-order valence-corrected chi connectivity index (χ1v) is 6.15. The van der Waals surface area contributed by atoms with Crippen LogP contribution in [0, 0.1) is 27.7 Å². The first-order chi connectivity index (χ1) is 8.88. The predicted molar refractivity (Wildman–Crippen MR) is 72.2 cm³/mol. The van der Waals surface area contributed by atoms with Crippen molar-refractivity contribution in [1.82, 2.24) is 4.98 Å². The van der Waals surface area contributed by atoms with E-state index in [1.165, 1.54) is 5.56 Å². The van der Waals surface area contributed by atoms with E-state index in [9.17, 15) is 4.79 Å². The van der Waals surface area contributed by atoms with E-state index in [0.29, 0.717) is 17.3 Å². The van der Waals surface area contributed by atoms with Gasteiger partial charge in [-0.2, -0.15) is 0 Å². The number of rotatable bonds is 3. The Morgan fingerprint density at radius 3 is 2.32 bits per heavy atom. The van der Waals surface area contributed by atoms with Crippen molar-refractivity contribution in [3.63, 3.8) is 0 Å². The molecule has 2 aromatic rings. The van der Waals surface area contributed by atoms with E-state index in [4.69, 9.17) is 9.52 Å². The normalized spacial score (nSPS) is 10.7. The first kappa shape index (κ1) is 13.3. The number of aromatic nitrogens is 1. The minimum Gasteiger partial charge on any atom is -0.481 e. The molecule has 19 heavy (non-hydrogen) atoms. The molecule has 0 aliphatic rings. The van der Waals surface area contributed by atoms with E-state index >= 15 is 0 Å². The van der Waals surface area contributed by atoms with Gasteiger partial charge in [-0.25, -0.2) is 4.98 Å².